The van der Waals surface area contributed by atoms with E-state index in [1.165, 1.54) is 12.8 Å². The van der Waals surface area contributed by atoms with Crippen molar-refractivity contribution in [2.45, 2.75) is 18.9 Å². The van der Waals surface area contributed by atoms with Gasteiger partial charge in [0.25, 0.3) is 0 Å². The van der Waals surface area contributed by atoms with E-state index in [0.29, 0.717) is 6.10 Å². The summed E-state index contributed by atoms with van der Waals surface area (Å²) in [6.07, 6.45) is 3.58. The zero-order valence-electron chi connectivity index (χ0n) is 3.68. The van der Waals surface area contributed by atoms with E-state index in [4.69, 9.17) is 4.74 Å². The van der Waals surface area contributed by atoms with Gasteiger partial charge in [0.2, 0.25) is 0 Å². The van der Waals surface area contributed by atoms with Gasteiger partial charge in [-0.25, -0.2) is 0 Å². The van der Waals surface area contributed by atoms with Crippen LogP contribution in [0.15, 0.2) is 0 Å². The fourth-order valence-electron chi connectivity index (χ4n) is 0.796. The first kappa shape index (κ1) is 3.03. The van der Waals surface area contributed by atoms with Crippen LogP contribution in [0.25, 0.3) is 0 Å². The van der Waals surface area contributed by atoms with Crippen LogP contribution in [0.1, 0.15) is 12.8 Å². The fraction of sp³-hybridized carbons (Fsp3) is 1.00. The van der Waals surface area contributed by atoms with Crippen LogP contribution < -0.4 is 0 Å². The van der Waals surface area contributed by atoms with Crippen molar-refractivity contribution >= 4 is 0 Å². The van der Waals surface area contributed by atoms with Crippen LogP contribution in [0.5, 0.6) is 0 Å². The molecule has 1 heteroatoms. The van der Waals surface area contributed by atoms with Gasteiger partial charge in [-0.15, -0.1) is 0 Å². The van der Waals surface area contributed by atoms with Gasteiger partial charge in [-0.1, -0.05) is 0 Å². The molecular formula is C5H8O. The molecule has 0 aromatic rings. The molecule has 1 saturated carbocycles. The minimum atomic E-state index is 0.713. The molecule has 1 aliphatic carbocycles. The molecule has 0 bridgehead atoms. The normalized spacial score (nSPS) is 43.0. The zero-order valence-corrected chi connectivity index (χ0v) is 3.68. The monoisotopic (exact) mass is 84.1 g/mol. The highest BCUT2D eigenvalue weighted by Crippen LogP contribution is 2.39. The highest BCUT2D eigenvalue weighted by molar-refractivity contribution is 4.88. The van der Waals surface area contributed by atoms with E-state index in [9.17, 15) is 0 Å². The highest BCUT2D eigenvalue weighted by atomic mass is 16.6. The first-order chi connectivity index (χ1) is 2.97. The van der Waals surface area contributed by atoms with Crippen LogP contribution in [0.2, 0.25) is 0 Å². The number of epoxide rings is 1. The Balaban J connectivity index is 1.92. The zero-order chi connectivity index (χ0) is 3.98. The third kappa shape index (κ3) is 0.350. The molecule has 1 nitrogen and oxygen atoms in total. The SMILES string of the molecule is C1CC1[C@@H]1CO1. The first-order valence-corrected chi connectivity index (χ1v) is 2.58. The molecule has 1 heterocycles. The Bertz CT molecular complexity index is 52.3. The van der Waals surface area contributed by atoms with Gasteiger partial charge >= 0.3 is 0 Å². The van der Waals surface area contributed by atoms with Crippen molar-refractivity contribution in [1.82, 2.24) is 0 Å². The van der Waals surface area contributed by atoms with Crippen LogP contribution in [-0.4, -0.2) is 12.7 Å². The second-order valence-electron chi connectivity index (χ2n) is 2.21. The highest BCUT2D eigenvalue weighted by Gasteiger charge is 2.39. The third-order valence-corrected chi connectivity index (χ3v) is 1.51. The lowest BCUT2D eigenvalue weighted by Crippen LogP contribution is -1.82. The summed E-state index contributed by atoms with van der Waals surface area (Å²) in [5.41, 5.74) is 0. The molecule has 2 rings (SSSR count). The summed E-state index contributed by atoms with van der Waals surface area (Å²) in [6, 6.07) is 0. The van der Waals surface area contributed by atoms with E-state index in [2.05, 4.69) is 0 Å². The van der Waals surface area contributed by atoms with Crippen LogP contribution >= 0.6 is 0 Å². The van der Waals surface area contributed by atoms with Gasteiger partial charge in [0.1, 0.15) is 0 Å². The molecule has 6 heavy (non-hydrogen) atoms. The van der Waals surface area contributed by atoms with E-state index in [1.54, 1.807) is 0 Å². The molecule has 0 aromatic carbocycles. The Labute approximate surface area is 37.3 Å². The van der Waals surface area contributed by atoms with E-state index < -0.39 is 0 Å². The minimum absolute atomic E-state index is 0.713. The molecule has 2 aliphatic rings. The van der Waals surface area contributed by atoms with Gasteiger partial charge in [0, 0.05) is 0 Å². The van der Waals surface area contributed by atoms with Gasteiger partial charge in [0.05, 0.1) is 12.7 Å². The average molecular weight is 84.1 g/mol. The van der Waals surface area contributed by atoms with Crippen LogP contribution in [0.4, 0.5) is 0 Å². The smallest absolute Gasteiger partial charge is 0.0838 e. The lowest BCUT2D eigenvalue weighted by molar-refractivity contribution is 0.387. The summed E-state index contributed by atoms with van der Waals surface area (Å²) in [7, 11) is 0. The second kappa shape index (κ2) is 0.784. The van der Waals surface area contributed by atoms with Gasteiger partial charge in [-0.3, -0.25) is 0 Å². The van der Waals surface area contributed by atoms with Crippen molar-refractivity contribution in [2.75, 3.05) is 6.61 Å². The molecule has 0 spiro atoms. The molecule has 34 valence electrons. The first-order valence-electron chi connectivity index (χ1n) is 2.58. The van der Waals surface area contributed by atoms with Gasteiger partial charge in [-0.2, -0.15) is 0 Å². The summed E-state index contributed by atoms with van der Waals surface area (Å²) < 4.78 is 5.03. The standard InChI is InChI=1S/C5H8O/c1-2-4(1)5-3-6-5/h4-5H,1-3H2/t5-/m0/s1. The number of rotatable bonds is 1. The molecule has 1 saturated heterocycles. The van der Waals surface area contributed by atoms with E-state index in [-0.39, 0.29) is 0 Å². The molecular weight excluding hydrogens is 76.1 g/mol. The summed E-state index contributed by atoms with van der Waals surface area (Å²) in [4.78, 5) is 0. The Hall–Kier alpha value is -0.0400. The summed E-state index contributed by atoms with van der Waals surface area (Å²) in [6.45, 7) is 1.06. The Kier molecular flexibility index (Phi) is 0.396. The Morgan fingerprint density at radius 3 is 2.17 bits per heavy atom. The predicted molar refractivity (Wildman–Crippen MR) is 22.5 cm³/mol. The van der Waals surface area contributed by atoms with Crippen molar-refractivity contribution in [3.63, 3.8) is 0 Å². The molecule has 0 aromatic heterocycles. The average Bonchev–Trinajstić information content (AvgIpc) is 2.26. The summed E-state index contributed by atoms with van der Waals surface area (Å²) >= 11 is 0. The van der Waals surface area contributed by atoms with Gasteiger partial charge < -0.3 is 4.74 Å². The summed E-state index contributed by atoms with van der Waals surface area (Å²) in [5.74, 6) is 0.991. The summed E-state index contributed by atoms with van der Waals surface area (Å²) in [5, 5.41) is 0. The quantitative estimate of drug-likeness (QED) is 0.428. The predicted octanol–water partition coefficient (Wildman–Crippen LogP) is 0.795. The lowest BCUT2D eigenvalue weighted by Gasteiger charge is -1.74. The molecule has 0 amide bonds. The second-order valence-corrected chi connectivity index (χ2v) is 2.21. The van der Waals surface area contributed by atoms with E-state index in [0.717, 1.165) is 12.5 Å². The van der Waals surface area contributed by atoms with Crippen LogP contribution in [0.3, 0.4) is 0 Å². The van der Waals surface area contributed by atoms with Crippen molar-refractivity contribution in [2.24, 2.45) is 5.92 Å². The van der Waals surface area contributed by atoms with Gasteiger partial charge in [-0.05, 0) is 18.8 Å². The topological polar surface area (TPSA) is 12.5 Å². The lowest BCUT2D eigenvalue weighted by atomic mass is 10.3. The third-order valence-electron chi connectivity index (χ3n) is 1.51. The van der Waals surface area contributed by atoms with Crippen LogP contribution in [0, 0.1) is 5.92 Å². The number of ether oxygens (including phenoxy) is 1. The molecule has 1 atom stereocenters. The molecule has 0 unspecified atom stereocenters. The maximum Gasteiger partial charge on any atom is 0.0838 e. The van der Waals surface area contributed by atoms with Crippen LogP contribution in [-0.2, 0) is 4.74 Å². The van der Waals surface area contributed by atoms with E-state index >= 15 is 0 Å². The molecule has 0 N–H and O–H groups in total. The molecule has 2 fully saturated rings. The maximum absolute atomic E-state index is 5.03. The Morgan fingerprint density at radius 2 is 2.00 bits per heavy atom. The molecule has 0 radical (unpaired) electrons. The Morgan fingerprint density at radius 1 is 1.33 bits per heavy atom. The van der Waals surface area contributed by atoms with E-state index in [1.807, 2.05) is 0 Å². The van der Waals surface area contributed by atoms with Crippen molar-refractivity contribution in [1.29, 1.82) is 0 Å². The fourth-order valence-corrected chi connectivity index (χ4v) is 0.796. The van der Waals surface area contributed by atoms with Crippen molar-refractivity contribution < 1.29 is 4.74 Å². The largest absolute Gasteiger partial charge is 0.373 e. The number of hydrogen-bond acceptors (Lipinski definition) is 1. The number of hydrogen-bond donors (Lipinski definition) is 0. The maximum atomic E-state index is 5.03. The molecule has 1 aliphatic heterocycles. The van der Waals surface area contributed by atoms with Gasteiger partial charge in [0.15, 0.2) is 0 Å². The van der Waals surface area contributed by atoms with Crippen molar-refractivity contribution in [3.8, 4) is 0 Å². The van der Waals surface area contributed by atoms with Crippen molar-refractivity contribution in [3.05, 3.63) is 0 Å². The minimum Gasteiger partial charge on any atom is -0.373 e.